The van der Waals surface area contributed by atoms with Crippen LogP contribution in [0.5, 0.6) is 0 Å². The van der Waals surface area contributed by atoms with Crippen molar-refractivity contribution in [1.82, 2.24) is 20.1 Å². The van der Waals surface area contributed by atoms with E-state index in [-0.39, 0.29) is 11.9 Å². The molecule has 0 aromatic carbocycles. The second-order valence-electron chi connectivity index (χ2n) is 5.22. The maximum absolute atomic E-state index is 12.6. The Morgan fingerprint density at radius 1 is 1.38 bits per heavy atom. The molecule has 1 fully saturated rings. The number of hydrogen-bond donors (Lipinski definition) is 1. The van der Waals surface area contributed by atoms with Crippen molar-refractivity contribution in [2.45, 2.75) is 25.4 Å². The Kier molecular flexibility index (Phi) is 3.96. The van der Waals surface area contributed by atoms with Gasteiger partial charge in [-0.05, 0) is 31.0 Å². The Balaban J connectivity index is 1.66. The van der Waals surface area contributed by atoms with Gasteiger partial charge < -0.3 is 10.2 Å². The summed E-state index contributed by atoms with van der Waals surface area (Å²) in [7, 11) is 1.90. The molecule has 0 bridgehead atoms. The van der Waals surface area contributed by atoms with Gasteiger partial charge in [-0.15, -0.1) is 0 Å². The van der Waals surface area contributed by atoms with E-state index < -0.39 is 0 Å². The van der Waals surface area contributed by atoms with Crippen molar-refractivity contribution < 1.29 is 4.79 Å². The molecule has 1 saturated heterocycles. The molecule has 6 heteroatoms. The van der Waals surface area contributed by atoms with Crippen LogP contribution in [0.2, 0.25) is 0 Å². The predicted molar refractivity (Wildman–Crippen MR) is 79.7 cm³/mol. The zero-order valence-corrected chi connectivity index (χ0v) is 12.1. The van der Waals surface area contributed by atoms with Crippen LogP contribution in [0.15, 0.2) is 36.8 Å². The maximum Gasteiger partial charge on any atom is 0.244 e. The molecule has 3 rings (SSSR count). The zero-order chi connectivity index (χ0) is 14.7. The molecule has 1 aliphatic heterocycles. The van der Waals surface area contributed by atoms with Gasteiger partial charge in [0.1, 0.15) is 0 Å². The molecule has 0 aliphatic carbocycles. The van der Waals surface area contributed by atoms with Crippen LogP contribution in [0.25, 0.3) is 0 Å². The van der Waals surface area contributed by atoms with E-state index >= 15 is 0 Å². The summed E-state index contributed by atoms with van der Waals surface area (Å²) in [4.78, 5) is 18.5. The van der Waals surface area contributed by atoms with Crippen LogP contribution in [-0.2, 0) is 18.4 Å². The summed E-state index contributed by atoms with van der Waals surface area (Å²) in [6.07, 6.45) is 7.08. The highest BCUT2D eigenvalue weighted by Gasteiger charge is 2.29. The molecule has 21 heavy (non-hydrogen) atoms. The summed E-state index contributed by atoms with van der Waals surface area (Å²) in [5.41, 5.74) is 1.94. The lowest BCUT2D eigenvalue weighted by Crippen LogP contribution is -2.50. The SMILES string of the molecule is Cn1nccc1CN[C@@H]1CCCN(c2cccnc2)C1=O. The minimum atomic E-state index is -0.145. The molecule has 2 aromatic heterocycles. The van der Waals surface area contributed by atoms with Gasteiger partial charge in [0.15, 0.2) is 0 Å². The number of amides is 1. The summed E-state index contributed by atoms with van der Waals surface area (Å²) in [5.74, 6) is 0.122. The van der Waals surface area contributed by atoms with Gasteiger partial charge in [0.2, 0.25) is 5.91 Å². The summed E-state index contributed by atoms with van der Waals surface area (Å²) in [6.45, 7) is 1.40. The van der Waals surface area contributed by atoms with Crippen LogP contribution < -0.4 is 10.2 Å². The van der Waals surface area contributed by atoms with E-state index in [1.807, 2.05) is 34.8 Å². The number of carbonyl (C=O) groups excluding carboxylic acids is 1. The molecule has 1 amide bonds. The lowest BCUT2D eigenvalue weighted by Gasteiger charge is -2.32. The number of rotatable bonds is 4. The number of carbonyl (C=O) groups is 1. The highest BCUT2D eigenvalue weighted by Crippen LogP contribution is 2.20. The quantitative estimate of drug-likeness (QED) is 0.913. The predicted octanol–water partition coefficient (Wildman–Crippen LogP) is 1.10. The van der Waals surface area contributed by atoms with Crippen LogP contribution in [0.4, 0.5) is 5.69 Å². The molecule has 0 radical (unpaired) electrons. The Hall–Kier alpha value is -2.21. The van der Waals surface area contributed by atoms with E-state index in [0.717, 1.165) is 30.8 Å². The molecule has 0 spiro atoms. The number of aryl methyl sites for hydroxylation is 1. The molecule has 0 saturated carbocycles. The first-order valence-corrected chi connectivity index (χ1v) is 7.17. The Morgan fingerprint density at radius 3 is 3.00 bits per heavy atom. The molecule has 1 atom stereocenters. The number of hydrogen-bond acceptors (Lipinski definition) is 4. The van der Waals surface area contributed by atoms with E-state index in [2.05, 4.69) is 15.4 Å². The van der Waals surface area contributed by atoms with Gasteiger partial charge in [-0.3, -0.25) is 14.5 Å². The van der Waals surface area contributed by atoms with Crippen LogP contribution in [0, 0.1) is 0 Å². The fourth-order valence-electron chi connectivity index (χ4n) is 2.64. The fourth-order valence-corrected chi connectivity index (χ4v) is 2.64. The third-order valence-corrected chi connectivity index (χ3v) is 3.85. The third-order valence-electron chi connectivity index (χ3n) is 3.85. The molecule has 0 unspecified atom stereocenters. The van der Waals surface area contributed by atoms with E-state index in [4.69, 9.17) is 0 Å². The minimum Gasteiger partial charge on any atom is -0.310 e. The van der Waals surface area contributed by atoms with Crippen molar-refractivity contribution in [3.05, 3.63) is 42.5 Å². The van der Waals surface area contributed by atoms with Crippen molar-refractivity contribution in [3.8, 4) is 0 Å². The maximum atomic E-state index is 12.6. The Bertz CT molecular complexity index is 610. The normalized spacial score (nSPS) is 19.0. The first-order chi connectivity index (χ1) is 10.3. The second kappa shape index (κ2) is 6.05. The lowest BCUT2D eigenvalue weighted by molar-refractivity contribution is -0.121. The number of piperidine rings is 1. The van der Waals surface area contributed by atoms with Gasteiger partial charge in [0.25, 0.3) is 0 Å². The van der Waals surface area contributed by atoms with E-state index in [1.54, 1.807) is 18.6 Å². The molecule has 6 nitrogen and oxygen atoms in total. The number of aromatic nitrogens is 3. The number of nitrogens with zero attached hydrogens (tertiary/aromatic N) is 4. The Labute approximate surface area is 123 Å². The van der Waals surface area contributed by atoms with Gasteiger partial charge in [-0.1, -0.05) is 0 Å². The van der Waals surface area contributed by atoms with Gasteiger partial charge in [0, 0.05) is 32.5 Å². The van der Waals surface area contributed by atoms with Gasteiger partial charge >= 0.3 is 0 Å². The summed E-state index contributed by atoms with van der Waals surface area (Å²) in [5, 5.41) is 7.48. The lowest BCUT2D eigenvalue weighted by atomic mass is 10.0. The minimum absolute atomic E-state index is 0.122. The van der Waals surface area contributed by atoms with Crippen LogP contribution >= 0.6 is 0 Å². The summed E-state index contributed by atoms with van der Waals surface area (Å²) >= 11 is 0. The van der Waals surface area contributed by atoms with Crippen LogP contribution in [0.3, 0.4) is 0 Å². The zero-order valence-electron chi connectivity index (χ0n) is 12.1. The van der Waals surface area contributed by atoms with E-state index in [0.29, 0.717) is 6.54 Å². The fraction of sp³-hybridized carbons (Fsp3) is 0.400. The van der Waals surface area contributed by atoms with Crippen molar-refractivity contribution in [2.24, 2.45) is 7.05 Å². The van der Waals surface area contributed by atoms with Gasteiger partial charge in [0.05, 0.1) is 23.6 Å². The molecule has 2 aromatic rings. The highest BCUT2D eigenvalue weighted by molar-refractivity contribution is 5.97. The highest BCUT2D eigenvalue weighted by atomic mass is 16.2. The molecule has 1 N–H and O–H groups in total. The smallest absolute Gasteiger partial charge is 0.244 e. The molecule has 1 aliphatic rings. The van der Waals surface area contributed by atoms with E-state index in [1.165, 1.54) is 0 Å². The van der Waals surface area contributed by atoms with Crippen molar-refractivity contribution in [2.75, 3.05) is 11.4 Å². The van der Waals surface area contributed by atoms with Crippen molar-refractivity contribution in [3.63, 3.8) is 0 Å². The average molecular weight is 285 g/mol. The topological polar surface area (TPSA) is 63.1 Å². The largest absolute Gasteiger partial charge is 0.310 e. The molecule has 3 heterocycles. The van der Waals surface area contributed by atoms with Crippen LogP contribution in [0.1, 0.15) is 18.5 Å². The van der Waals surface area contributed by atoms with Crippen molar-refractivity contribution >= 4 is 11.6 Å². The molecular formula is C15H19N5O. The van der Waals surface area contributed by atoms with Crippen molar-refractivity contribution in [1.29, 1.82) is 0 Å². The van der Waals surface area contributed by atoms with Gasteiger partial charge in [-0.25, -0.2) is 0 Å². The monoisotopic (exact) mass is 285 g/mol. The average Bonchev–Trinajstić information content (AvgIpc) is 2.92. The summed E-state index contributed by atoms with van der Waals surface area (Å²) < 4.78 is 1.82. The third kappa shape index (κ3) is 2.95. The number of pyridine rings is 1. The molecular weight excluding hydrogens is 266 g/mol. The summed E-state index contributed by atoms with van der Waals surface area (Å²) in [6, 6.07) is 5.59. The standard InChI is InChI=1S/C15H19N5O/c1-19-12(6-8-18-19)11-17-14-5-3-9-20(15(14)21)13-4-2-7-16-10-13/h2,4,6-8,10,14,17H,3,5,9,11H2,1H3/t14-/m1/s1. The van der Waals surface area contributed by atoms with Gasteiger partial charge in [-0.2, -0.15) is 5.10 Å². The number of nitrogens with one attached hydrogen (secondary N) is 1. The second-order valence-corrected chi connectivity index (χ2v) is 5.22. The van der Waals surface area contributed by atoms with Crippen LogP contribution in [-0.4, -0.2) is 33.3 Å². The Morgan fingerprint density at radius 2 is 2.29 bits per heavy atom. The molecule has 110 valence electrons. The number of anilines is 1. The first-order valence-electron chi connectivity index (χ1n) is 7.17. The van der Waals surface area contributed by atoms with E-state index in [9.17, 15) is 4.79 Å². The first kappa shape index (κ1) is 13.8.